The third kappa shape index (κ3) is 4.32. The van der Waals surface area contributed by atoms with Crippen LogP contribution in [0.3, 0.4) is 0 Å². The zero-order chi connectivity index (χ0) is 15.4. The average molecular weight is 479 g/mol. The Balaban J connectivity index is 2.09. The Kier molecular flexibility index (Phi) is 5.43. The van der Waals surface area contributed by atoms with E-state index in [0.29, 0.717) is 14.5 Å². The van der Waals surface area contributed by atoms with Gasteiger partial charge in [-0.3, -0.25) is 4.79 Å². The van der Waals surface area contributed by atoms with Crippen LogP contribution in [0.5, 0.6) is 5.75 Å². The van der Waals surface area contributed by atoms with E-state index in [9.17, 15) is 9.90 Å². The van der Waals surface area contributed by atoms with Gasteiger partial charge in [-0.25, -0.2) is 15.4 Å². The molecule has 2 rings (SSSR count). The normalized spacial score (nSPS) is 10.8. The lowest BCUT2D eigenvalue weighted by Crippen LogP contribution is -2.20. The van der Waals surface area contributed by atoms with Gasteiger partial charge < -0.3 is 5.11 Å². The number of aromatic hydroxyl groups is 1. The second-order valence-corrected chi connectivity index (χ2v) is 6.44. The van der Waals surface area contributed by atoms with Crippen molar-refractivity contribution in [3.05, 3.63) is 49.3 Å². The highest BCUT2D eigenvalue weighted by Gasteiger charge is 2.08. The van der Waals surface area contributed by atoms with Crippen LogP contribution in [0.1, 0.15) is 16.2 Å². The lowest BCUT2D eigenvalue weighted by Gasteiger charge is -2.03. The minimum absolute atomic E-state index is 0.00463. The predicted octanol–water partition coefficient (Wildman–Crippen LogP) is 3.23. The van der Waals surface area contributed by atoms with E-state index < -0.39 is 5.91 Å². The van der Waals surface area contributed by atoms with E-state index in [2.05, 4.69) is 68.3 Å². The zero-order valence-electron chi connectivity index (χ0n) is 10.2. The van der Waals surface area contributed by atoms with Gasteiger partial charge in [0.2, 0.25) is 5.82 Å². The second-order valence-electron chi connectivity index (χ2n) is 3.75. The molecule has 2 aromatic rings. The van der Waals surface area contributed by atoms with E-state index in [0.717, 1.165) is 4.47 Å². The third-order valence-corrected chi connectivity index (χ3v) is 3.72. The molecule has 1 heterocycles. The second kappa shape index (κ2) is 7.10. The van der Waals surface area contributed by atoms with Gasteiger partial charge in [0.15, 0.2) is 0 Å². The number of rotatable bonds is 3. The van der Waals surface area contributed by atoms with Crippen LogP contribution in [-0.2, 0) is 0 Å². The number of phenolic OH excluding ortho intramolecular Hbond substituents is 1. The van der Waals surface area contributed by atoms with Gasteiger partial charge in [0.05, 0.1) is 15.2 Å². The molecule has 0 aliphatic heterocycles. The van der Waals surface area contributed by atoms with E-state index >= 15 is 0 Å². The van der Waals surface area contributed by atoms with Crippen molar-refractivity contribution in [2.75, 3.05) is 0 Å². The largest absolute Gasteiger partial charge is 0.506 e. The van der Waals surface area contributed by atoms with Crippen LogP contribution in [0.2, 0.25) is 0 Å². The number of phenols is 1. The molecule has 0 aliphatic rings. The summed E-state index contributed by atoms with van der Waals surface area (Å²) in [4.78, 5) is 19.4. The van der Waals surface area contributed by atoms with Crippen LogP contribution >= 0.6 is 47.8 Å². The number of hydrazone groups is 1. The summed E-state index contributed by atoms with van der Waals surface area (Å²) in [7, 11) is 0. The van der Waals surface area contributed by atoms with E-state index in [4.69, 9.17) is 0 Å². The average Bonchev–Trinajstić information content (AvgIpc) is 2.44. The number of amides is 1. The summed E-state index contributed by atoms with van der Waals surface area (Å²) in [6.07, 6.45) is 4.24. The first-order chi connectivity index (χ1) is 9.97. The van der Waals surface area contributed by atoms with Crippen LogP contribution < -0.4 is 5.43 Å². The Bertz CT molecular complexity index is 704. The highest BCUT2D eigenvalue weighted by atomic mass is 79.9. The number of carbonyl (C=O) groups excluding carboxylic acids is 1. The maximum absolute atomic E-state index is 11.7. The molecule has 0 atom stereocenters. The molecule has 9 heteroatoms. The number of benzene rings is 1. The number of nitrogens with zero attached hydrogens (tertiary/aromatic N) is 3. The molecule has 21 heavy (non-hydrogen) atoms. The quantitative estimate of drug-likeness (QED) is 0.523. The fourth-order valence-electron chi connectivity index (χ4n) is 1.32. The van der Waals surface area contributed by atoms with Crippen molar-refractivity contribution in [2.24, 2.45) is 5.10 Å². The Hall–Kier alpha value is -1.32. The summed E-state index contributed by atoms with van der Waals surface area (Å²) in [6, 6.07) is 3.35. The summed E-state index contributed by atoms with van der Waals surface area (Å²) in [5.74, 6) is -0.529. The maximum atomic E-state index is 11.7. The smallest absolute Gasteiger partial charge is 0.309 e. The van der Waals surface area contributed by atoms with E-state index in [1.54, 1.807) is 12.1 Å². The van der Waals surface area contributed by atoms with Crippen LogP contribution in [0, 0.1) is 0 Å². The fraction of sp³-hybridized carbons (Fsp3) is 0. The van der Waals surface area contributed by atoms with Crippen molar-refractivity contribution in [3.63, 3.8) is 0 Å². The first-order valence-electron chi connectivity index (χ1n) is 5.46. The molecule has 0 fully saturated rings. The molecule has 6 nitrogen and oxygen atoms in total. The summed E-state index contributed by atoms with van der Waals surface area (Å²) in [6.45, 7) is 0. The van der Waals surface area contributed by atoms with Crippen LogP contribution in [0.25, 0.3) is 0 Å². The van der Waals surface area contributed by atoms with E-state index in [1.807, 2.05) is 0 Å². The maximum Gasteiger partial charge on any atom is 0.309 e. The number of halogens is 3. The van der Waals surface area contributed by atoms with Crippen LogP contribution in [0.4, 0.5) is 0 Å². The topological polar surface area (TPSA) is 87.5 Å². The highest BCUT2D eigenvalue weighted by molar-refractivity contribution is 9.11. The van der Waals surface area contributed by atoms with Crippen molar-refractivity contribution < 1.29 is 9.90 Å². The molecular formula is C12H7Br3N4O2. The van der Waals surface area contributed by atoms with E-state index in [-0.39, 0.29) is 11.6 Å². The summed E-state index contributed by atoms with van der Waals surface area (Å²) in [5.41, 5.74) is 2.72. The summed E-state index contributed by atoms with van der Waals surface area (Å²) in [5, 5.41) is 13.6. The molecule has 0 bridgehead atoms. The first-order valence-corrected chi connectivity index (χ1v) is 7.84. The van der Waals surface area contributed by atoms with Gasteiger partial charge in [-0.15, -0.1) is 0 Å². The Labute approximate surface area is 145 Å². The van der Waals surface area contributed by atoms with Gasteiger partial charge in [0, 0.05) is 22.4 Å². The van der Waals surface area contributed by atoms with Gasteiger partial charge in [-0.1, -0.05) is 15.9 Å². The minimum atomic E-state index is -0.549. The first kappa shape index (κ1) is 16.1. The van der Waals surface area contributed by atoms with Gasteiger partial charge in [0.1, 0.15) is 5.75 Å². The molecule has 108 valence electrons. The number of hydrogen-bond donors (Lipinski definition) is 2. The number of nitrogens with one attached hydrogen (secondary N) is 1. The molecular weight excluding hydrogens is 472 g/mol. The van der Waals surface area contributed by atoms with Crippen molar-refractivity contribution in [2.45, 2.75) is 0 Å². The third-order valence-electron chi connectivity index (χ3n) is 2.25. The van der Waals surface area contributed by atoms with E-state index in [1.165, 1.54) is 18.6 Å². The molecule has 0 spiro atoms. The summed E-state index contributed by atoms with van der Waals surface area (Å²) >= 11 is 9.68. The lowest BCUT2D eigenvalue weighted by molar-refractivity contribution is 0.0944. The molecule has 2 N–H and O–H groups in total. The standard InChI is InChI=1S/C12H7Br3N4O2/c13-7-1-6(10(20)9(15)2-7)3-18-19-12(21)11-16-4-8(14)5-17-11/h1-5,20H,(H,19,21)/b18-3+. The lowest BCUT2D eigenvalue weighted by atomic mass is 10.2. The number of aromatic nitrogens is 2. The Morgan fingerprint density at radius 1 is 1.19 bits per heavy atom. The van der Waals surface area contributed by atoms with Gasteiger partial charge in [-0.2, -0.15) is 5.10 Å². The molecule has 1 aromatic carbocycles. The molecule has 1 aromatic heterocycles. The Morgan fingerprint density at radius 2 is 1.86 bits per heavy atom. The minimum Gasteiger partial charge on any atom is -0.506 e. The number of carbonyl (C=O) groups is 1. The van der Waals surface area contributed by atoms with Gasteiger partial charge in [-0.05, 0) is 44.0 Å². The monoisotopic (exact) mass is 476 g/mol. The van der Waals surface area contributed by atoms with Crippen molar-refractivity contribution in [3.8, 4) is 5.75 Å². The molecule has 1 amide bonds. The zero-order valence-corrected chi connectivity index (χ0v) is 15.0. The van der Waals surface area contributed by atoms with Crippen LogP contribution in [-0.4, -0.2) is 27.2 Å². The SMILES string of the molecule is O=C(N/N=C/c1cc(Br)cc(Br)c1O)c1ncc(Br)cn1. The molecule has 0 saturated heterocycles. The van der Waals surface area contributed by atoms with Crippen molar-refractivity contribution >= 4 is 59.9 Å². The van der Waals surface area contributed by atoms with Crippen LogP contribution in [0.15, 0.2) is 43.0 Å². The number of hydrogen-bond acceptors (Lipinski definition) is 5. The molecule has 0 unspecified atom stereocenters. The molecule has 0 radical (unpaired) electrons. The Morgan fingerprint density at radius 3 is 2.52 bits per heavy atom. The highest BCUT2D eigenvalue weighted by Crippen LogP contribution is 2.30. The molecule has 0 aliphatic carbocycles. The van der Waals surface area contributed by atoms with Crippen molar-refractivity contribution in [1.29, 1.82) is 0 Å². The summed E-state index contributed by atoms with van der Waals surface area (Å²) < 4.78 is 1.95. The van der Waals surface area contributed by atoms with Gasteiger partial charge in [0.25, 0.3) is 0 Å². The van der Waals surface area contributed by atoms with Crippen molar-refractivity contribution in [1.82, 2.24) is 15.4 Å². The predicted molar refractivity (Wildman–Crippen MR) is 88.3 cm³/mol. The van der Waals surface area contributed by atoms with Gasteiger partial charge >= 0.3 is 5.91 Å². The molecule has 0 saturated carbocycles. The fourth-order valence-corrected chi connectivity index (χ4v) is 2.79.